The van der Waals surface area contributed by atoms with Gasteiger partial charge in [-0.1, -0.05) is 18.6 Å². The highest BCUT2D eigenvalue weighted by atomic mass is 32.2. The summed E-state index contributed by atoms with van der Waals surface area (Å²) in [5.41, 5.74) is 2.10. The van der Waals surface area contributed by atoms with Gasteiger partial charge in [0.05, 0.1) is 4.58 Å². The molecule has 2 N–H and O–H groups in total. The number of hydrogen-bond donors (Lipinski definition) is 2. The van der Waals surface area contributed by atoms with Crippen LogP contribution >= 0.6 is 23.5 Å². The summed E-state index contributed by atoms with van der Waals surface area (Å²) in [6, 6.07) is 8.71. The lowest BCUT2D eigenvalue weighted by molar-refractivity contribution is 0.0951. The van der Waals surface area contributed by atoms with Crippen molar-refractivity contribution in [2.75, 3.05) is 24.6 Å². The fourth-order valence-electron chi connectivity index (χ4n) is 2.97. The van der Waals surface area contributed by atoms with E-state index in [1.165, 1.54) is 36.3 Å². The standard InChI is InChI=1S/C17H24N2OS2/c20-16(19-10-8-15-3-1-2-9-18-15)13-4-6-14(7-5-13)17-21-11-12-22-17/h4-7,15,17-18H,1-3,8-12H2,(H,19,20). The summed E-state index contributed by atoms with van der Waals surface area (Å²) in [5, 5.41) is 6.56. The van der Waals surface area contributed by atoms with Gasteiger partial charge in [0, 0.05) is 29.7 Å². The van der Waals surface area contributed by atoms with E-state index in [-0.39, 0.29) is 5.91 Å². The summed E-state index contributed by atoms with van der Waals surface area (Å²) < 4.78 is 0.550. The maximum Gasteiger partial charge on any atom is 0.251 e. The monoisotopic (exact) mass is 336 g/mol. The van der Waals surface area contributed by atoms with Gasteiger partial charge >= 0.3 is 0 Å². The summed E-state index contributed by atoms with van der Waals surface area (Å²) in [6.07, 6.45) is 4.86. The smallest absolute Gasteiger partial charge is 0.251 e. The topological polar surface area (TPSA) is 41.1 Å². The van der Waals surface area contributed by atoms with Crippen molar-refractivity contribution in [1.82, 2.24) is 10.6 Å². The first kappa shape index (κ1) is 16.2. The van der Waals surface area contributed by atoms with Crippen molar-refractivity contribution in [2.45, 2.75) is 36.3 Å². The zero-order valence-corrected chi connectivity index (χ0v) is 14.5. The molecular formula is C17H24N2OS2. The lowest BCUT2D eigenvalue weighted by atomic mass is 10.0. The van der Waals surface area contributed by atoms with Crippen molar-refractivity contribution in [3.05, 3.63) is 35.4 Å². The largest absolute Gasteiger partial charge is 0.352 e. The predicted octanol–water partition coefficient (Wildman–Crippen LogP) is 3.43. The molecule has 1 amide bonds. The molecule has 3 nitrogen and oxygen atoms in total. The Balaban J connectivity index is 1.45. The van der Waals surface area contributed by atoms with Crippen LogP contribution in [0.4, 0.5) is 0 Å². The van der Waals surface area contributed by atoms with Crippen LogP contribution in [0.5, 0.6) is 0 Å². The number of rotatable bonds is 5. The van der Waals surface area contributed by atoms with Crippen LogP contribution in [0.25, 0.3) is 0 Å². The first-order chi connectivity index (χ1) is 10.8. The third-order valence-electron chi connectivity index (χ3n) is 4.26. The first-order valence-corrected chi connectivity index (χ1v) is 10.3. The molecule has 3 rings (SSSR count). The normalized spacial score (nSPS) is 22.6. The van der Waals surface area contributed by atoms with Crippen LogP contribution < -0.4 is 10.6 Å². The molecule has 2 heterocycles. The molecule has 5 heteroatoms. The molecule has 0 aliphatic carbocycles. The number of hydrogen-bond acceptors (Lipinski definition) is 4. The third kappa shape index (κ3) is 4.43. The maximum absolute atomic E-state index is 12.2. The van der Waals surface area contributed by atoms with E-state index in [9.17, 15) is 4.79 Å². The fraction of sp³-hybridized carbons (Fsp3) is 0.588. The Morgan fingerprint density at radius 3 is 2.64 bits per heavy atom. The van der Waals surface area contributed by atoms with E-state index in [0.717, 1.165) is 25.1 Å². The number of thioether (sulfide) groups is 2. The van der Waals surface area contributed by atoms with Gasteiger partial charge in [-0.05, 0) is 43.5 Å². The van der Waals surface area contributed by atoms with Crippen molar-refractivity contribution in [1.29, 1.82) is 0 Å². The van der Waals surface area contributed by atoms with Crippen molar-refractivity contribution in [2.24, 2.45) is 0 Å². The molecule has 1 aromatic rings. The average Bonchev–Trinajstić information content (AvgIpc) is 3.10. The lowest BCUT2D eigenvalue weighted by Gasteiger charge is -2.23. The van der Waals surface area contributed by atoms with Crippen molar-refractivity contribution in [3.63, 3.8) is 0 Å². The molecule has 2 aliphatic rings. The minimum absolute atomic E-state index is 0.0501. The molecule has 1 atom stereocenters. The number of carbonyl (C=O) groups is 1. The Bertz CT molecular complexity index is 480. The van der Waals surface area contributed by atoms with Crippen LogP contribution in [-0.2, 0) is 0 Å². The van der Waals surface area contributed by atoms with Crippen molar-refractivity contribution < 1.29 is 4.79 Å². The number of piperidine rings is 1. The molecule has 1 unspecified atom stereocenters. The summed E-state index contributed by atoms with van der Waals surface area (Å²) in [5.74, 6) is 2.51. The molecule has 2 aliphatic heterocycles. The summed E-state index contributed by atoms with van der Waals surface area (Å²) >= 11 is 3.99. The highest BCUT2D eigenvalue weighted by Crippen LogP contribution is 2.45. The Labute approximate surface area is 141 Å². The van der Waals surface area contributed by atoms with Crippen LogP contribution in [0.2, 0.25) is 0 Å². The molecule has 0 aromatic heterocycles. The van der Waals surface area contributed by atoms with Crippen LogP contribution in [0.3, 0.4) is 0 Å². The number of nitrogens with one attached hydrogen (secondary N) is 2. The van der Waals surface area contributed by atoms with Gasteiger partial charge in [0.25, 0.3) is 5.91 Å². The summed E-state index contributed by atoms with van der Waals surface area (Å²) in [4.78, 5) is 12.2. The highest BCUT2D eigenvalue weighted by molar-refractivity contribution is 8.19. The van der Waals surface area contributed by atoms with Crippen molar-refractivity contribution >= 4 is 29.4 Å². The molecule has 2 saturated heterocycles. The Kier molecular flexibility index (Phi) is 6.10. The third-order valence-corrected chi connectivity index (χ3v) is 7.36. The van der Waals surface area contributed by atoms with Gasteiger partial charge in [0.15, 0.2) is 0 Å². The number of amides is 1. The van der Waals surface area contributed by atoms with E-state index < -0.39 is 0 Å². The van der Waals surface area contributed by atoms with E-state index >= 15 is 0 Å². The summed E-state index contributed by atoms with van der Waals surface area (Å²) in [6.45, 7) is 1.88. The quantitative estimate of drug-likeness (QED) is 0.864. The van der Waals surface area contributed by atoms with Gasteiger partial charge in [-0.15, -0.1) is 23.5 Å². The second kappa shape index (κ2) is 8.27. The van der Waals surface area contributed by atoms with Gasteiger partial charge in [-0.25, -0.2) is 0 Å². The van der Waals surface area contributed by atoms with E-state index in [2.05, 4.69) is 22.8 Å². The van der Waals surface area contributed by atoms with E-state index in [1.807, 2.05) is 35.7 Å². The van der Waals surface area contributed by atoms with E-state index in [1.54, 1.807) is 0 Å². The fourth-order valence-corrected chi connectivity index (χ4v) is 5.83. The molecule has 0 saturated carbocycles. The first-order valence-electron chi connectivity index (χ1n) is 8.18. The molecule has 0 radical (unpaired) electrons. The predicted molar refractivity (Wildman–Crippen MR) is 96.7 cm³/mol. The highest BCUT2D eigenvalue weighted by Gasteiger charge is 2.18. The van der Waals surface area contributed by atoms with Crippen LogP contribution in [0.1, 0.15) is 46.2 Å². The van der Waals surface area contributed by atoms with E-state index in [4.69, 9.17) is 0 Å². The SMILES string of the molecule is O=C(NCCC1CCCCN1)c1ccc(C2SCCS2)cc1. The van der Waals surface area contributed by atoms with Gasteiger partial charge in [-0.3, -0.25) is 4.79 Å². The molecular weight excluding hydrogens is 312 g/mol. The van der Waals surface area contributed by atoms with Gasteiger partial charge in [0.2, 0.25) is 0 Å². The molecule has 22 heavy (non-hydrogen) atoms. The molecule has 2 fully saturated rings. The molecule has 0 spiro atoms. The lowest BCUT2D eigenvalue weighted by Crippen LogP contribution is -2.37. The van der Waals surface area contributed by atoms with Crippen LogP contribution in [-0.4, -0.2) is 36.5 Å². The average molecular weight is 337 g/mol. The molecule has 0 bridgehead atoms. The zero-order valence-electron chi connectivity index (χ0n) is 12.8. The van der Waals surface area contributed by atoms with E-state index in [0.29, 0.717) is 10.6 Å². The Morgan fingerprint density at radius 1 is 1.18 bits per heavy atom. The minimum atomic E-state index is 0.0501. The number of carbonyl (C=O) groups excluding carboxylic acids is 1. The zero-order chi connectivity index (χ0) is 15.2. The second-order valence-electron chi connectivity index (χ2n) is 5.89. The Morgan fingerprint density at radius 2 is 1.95 bits per heavy atom. The van der Waals surface area contributed by atoms with Crippen molar-refractivity contribution in [3.8, 4) is 0 Å². The molecule has 1 aromatic carbocycles. The maximum atomic E-state index is 12.2. The second-order valence-corrected chi connectivity index (χ2v) is 8.61. The molecule has 120 valence electrons. The summed E-state index contributed by atoms with van der Waals surface area (Å²) in [7, 11) is 0. The van der Waals surface area contributed by atoms with Gasteiger partial charge in [0.1, 0.15) is 0 Å². The van der Waals surface area contributed by atoms with Gasteiger partial charge < -0.3 is 10.6 Å². The van der Waals surface area contributed by atoms with Gasteiger partial charge in [-0.2, -0.15) is 0 Å². The van der Waals surface area contributed by atoms with Crippen LogP contribution in [0.15, 0.2) is 24.3 Å². The minimum Gasteiger partial charge on any atom is -0.352 e. The van der Waals surface area contributed by atoms with Crippen LogP contribution in [0, 0.1) is 0 Å². The Hall–Kier alpha value is -0.650. The number of benzene rings is 1.